The van der Waals surface area contributed by atoms with Crippen LogP contribution < -0.4 is 16.4 Å². The number of carbonyl (C=O) groups excluding carboxylic acids is 2. The van der Waals surface area contributed by atoms with Gasteiger partial charge in [-0.25, -0.2) is 9.18 Å². The molecule has 1 fully saturated rings. The highest BCUT2D eigenvalue weighted by Gasteiger charge is 2.30. The molecule has 1 aliphatic rings. The van der Waals surface area contributed by atoms with Gasteiger partial charge in [-0.2, -0.15) is 0 Å². The average molecular weight is 383 g/mol. The summed E-state index contributed by atoms with van der Waals surface area (Å²) in [5.74, 6) is -1.71. The van der Waals surface area contributed by atoms with Crippen LogP contribution in [0.5, 0.6) is 0 Å². The predicted molar refractivity (Wildman–Crippen MR) is 101 cm³/mol. The fraction of sp³-hybridized carbons (Fsp3) is 0.250. The molecule has 1 aromatic heterocycles. The summed E-state index contributed by atoms with van der Waals surface area (Å²) in [6, 6.07) is 11.0. The van der Waals surface area contributed by atoms with Crippen LogP contribution in [-0.2, 0) is 16.1 Å². The van der Waals surface area contributed by atoms with E-state index in [9.17, 15) is 18.8 Å². The first kappa shape index (κ1) is 18.0. The van der Waals surface area contributed by atoms with Crippen LogP contribution in [0.2, 0.25) is 0 Å². The van der Waals surface area contributed by atoms with Gasteiger partial charge in [0.1, 0.15) is 5.82 Å². The molecular formula is C20H18FN3O4. The summed E-state index contributed by atoms with van der Waals surface area (Å²) in [7, 11) is 0. The number of hydrogen-bond acceptors (Lipinski definition) is 4. The van der Waals surface area contributed by atoms with Crippen LogP contribution in [0.15, 0.2) is 51.7 Å². The number of carbonyl (C=O) groups is 2. The van der Waals surface area contributed by atoms with Crippen LogP contribution in [0.3, 0.4) is 0 Å². The van der Waals surface area contributed by atoms with Gasteiger partial charge in [-0.1, -0.05) is 12.1 Å². The van der Waals surface area contributed by atoms with E-state index in [0.29, 0.717) is 16.8 Å². The predicted octanol–water partition coefficient (Wildman–Crippen LogP) is 3.11. The van der Waals surface area contributed by atoms with Crippen LogP contribution in [-0.4, -0.2) is 16.4 Å². The van der Waals surface area contributed by atoms with Gasteiger partial charge in [0.05, 0.1) is 11.2 Å². The molecule has 7 nitrogen and oxygen atoms in total. The minimum absolute atomic E-state index is 0.0323. The lowest BCUT2D eigenvalue weighted by Gasteiger charge is -2.10. The summed E-state index contributed by atoms with van der Waals surface area (Å²) in [6.07, 6.45) is 1.66. The first-order valence-corrected chi connectivity index (χ1v) is 9.00. The molecule has 0 spiro atoms. The second kappa shape index (κ2) is 7.30. The highest BCUT2D eigenvalue weighted by molar-refractivity contribution is 5.96. The molecule has 0 bridgehead atoms. The van der Waals surface area contributed by atoms with Gasteiger partial charge in [0.25, 0.3) is 0 Å². The molecule has 1 aliphatic carbocycles. The third kappa shape index (κ3) is 3.80. The molecule has 144 valence electrons. The summed E-state index contributed by atoms with van der Waals surface area (Å²) < 4.78 is 20.4. The number of hydrogen-bond donors (Lipinski definition) is 2. The third-order valence-electron chi connectivity index (χ3n) is 4.59. The Morgan fingerprint density at radius 3 is 2.71 bits per heavy atom. The molecule has 4 rings (SSSR count). The smallest absolute Gasteiger partial charge is 0.408 e. The maximum absolute atomic E-state index is 13.9. The Morgan fingerprint density at radius 1 is 1.14 bits per heavy atom. The summed E-state index contributed by atoms with van der Waals surface area (Å²) in [5.41, 5.74) is 1.48. The van der Waals surface area contributed by atoms with Crippen LogP contribution in [0.1, 0.15) is 19.3 Å². The molecular weight excluding hydrogens is 365 g/mol. The van der Waals surface area contributed by atoms with Gasteiger partial charge >= 0.3 is 5.76 Å². The van der Waals surface area contributed by atoms with E-state index in [1.165, 1.54) is 22.8 Å². The van der Waals surface area contributed by atoms with Crippen molar-refractivity contribution in [1.29, 1.82) is 0 Å². The van der Waals surface area contributed by atoms with E-state index in [1.54, 1.807) is 24.3 Å². The van der Waals surface area contributed by atoms with Gasteiger partial charge in [-0.3, -0.25) is 14.2 Å². The standard InChI is InChI=1S/C20H18FN3O4/c21-14-8-7-13(11-15(14)23-19(26)12-5-6-12)22-18(25)9-10-24-16-3-1-2-4-17(16)28-20(24)27/h1-4,7-8,11-12H,5-6,9-10H2,(H,22,25)(H,23,26). The Labute approximate surface area is 159 Å². The van der Waals surface area contributed by atoms with E-state index in [-0.39, 0.29) is 36.4 Å². The highest BCUT2D eigenvalue weighted by Crippen LogP contribution is 2.31. The molecule has 0 unspecified atom stereocenters. The van der Waals surface area contributed by atoms with Gasteiger partial charge in [0.2, 0.25) is 11.8 Å². The monoisotopic (exact) mass is 383 g/mol. The molecule has 0 atom stereocenters. The Morgan fingerprint density at radius 2 is 1.93 bits per heavy atom. The molecule has 1 heterocycles. The Bertz CT molecular complexity index is 1110. The SMILES string of the molecule is O=C(CCn1c(=O)oc2ccccc21)Nc1ccc(F)c(NC(=O)C2CC2)c1. The van der Waals surface area contributed by atoms with Crippen molar-refractivity contribution in [3.05, 3.63) is 58.8 Å². The van der Waals surface area contributed by atoms with E-state index < -0.39 is 11.6 Å². The number of halogens is 1. The van der Waals surface area contributed by atoms with Gasteiger partial charge in [-0.05, 0) is 43.2 Å². The second-order valence-electron chi connectivity index (χ2n) is 6.74. The fourth-order valence-electron chi connectivity index (χ4n) is 2.94. The molecule has 0 radical (unpaired) electrons. The number of aryl methyl sites for hydroxylation is 1. The first-order valence-electron chi connectivity index (χ1n) is 9.00. The minimum atomic E-state index is -0.566. The van der Waals surface area contributed by atoms with Crippen molar-refractivity contribution in [3.63, 3.8) is 0 Å². The number of para-hydroxylation sites is 2. The van der Waals surface area contributed by atoms with E-state index in [0.717, 1.165) is 12.8 Å². The lowest BCUT2D eigenvalue weighted by atomic mass is 10.2. The molecule has 28 heavy (non-hydrogen) atoms. The lowest BCUT2D eigenvalue weighted by Crippen LogP contribution is -2.20. The Kier molecular flexibility index (Phi) is 4.68. The van der Waals surface area contributed by atoms with Crippen molar-refractivity contribution in [1.82, 2.24) is 4.57 Å². The number of nitrogens with zero attached hydrogens (tertiary/aromatic N) is 1. The Balaban J connectivity index is 1.41. The number of nitrogens with one attached hydrogen (secondary N) is 2. The van der Waals surface area contributed by atoms with Crippen LogP contribution in [0, 0.1) is 11.7 Å². The fourth-order valence-corrected chi connectivity index (χ4v) is 2.94. The molecule has 2 aromatic carbocycles. The average Bonchev–Trinajstić information content (AvgIpc) is 3.46. The third-order valence-corrected chi connectivity index (χ3v) is 4.59. The van der Waals surface area contributed by atoms with Crippen molar-refractivity contribution in [2.45, 2.75) is 25.8 Å². The number of rotatable bonds is 6. The van der Waals surface area contributed by atoms with E-state index in [1.807, 2.05) is 0 Å². The van der Waals surface area contributed by atoms with E-state index >= 15 is 0 Å². The molecule has 0 saturated heterocycles. The molecule has 1 saturated carbocycles. The van der Waals surface area contributed by atoms with Gasteiger partial charge in [-0.15, -0.1) is 0 Å². The second-order valence-corrected chi connectivity index (χ2v) is 6.74. The van der Waals surface area contributed by atoms with Crippen molar-refractivity contribution in [3.8, 4) is 0 Å². The topological polar surface area (TPSA) is 93.3 Å². The number of aromatic nitrogens is 1. The van der Waals surface area contributed by atoms with Gasteiger partial charge in [0, 0.05) is 24.6 Å². The zero-order valence-electron chi connectivity index (χ0n) is 14.9. The van der Waals surface area contributed by atoms with Crippen LogP contribution >= 0.6 is 0 Å². The normalized spacial score (nSPS) is 13.5. The molecule has 8 heteroatoms. The van der Waals surface area contributed by atoms with Crippen molar-refractivity contribution >= 4 is 34.3 Å². The zero-order chi connectivity index (χ0) is 19.7. The largest absolute Gasteiger partial charge is 0.419 e. The van der Waals surface area contributed by atoms with Gasteiger partial charge < -0.3 is 15.1 Å². The maximum Gasteiger partial charge on any atom is 0.419 e. The highest BCUT2D eigenvalue weighted by atomic mass is 19.1. The number of oxazole rings is 1. The number of amides is 2. The van der Waals surface area contributed by atoms with Gasteiger partial charge in [0.15, 0.2) is 5.58 Å². The quantitative estimate of drug-likeness (QED) is 0.684. The molecule has 2 N–H and O–H groups in total. The summed E-state index contributed by atoms with van der Waals surface area (Å²) in [6.45, 7) is 0.147. The number of anilines is 2. The van der Waals surface area contributed by atoms with Crippen molar-refractivity contribution in [2.24, 2.45) is 5.92 Å². The lowest BCUT2D eigenvalue weighted by molar-refractivity contribution is -0.117. The summed E-state index contributed by atoms with van der Waals surface area (Å²) >= 11 is 0. The van der Waals surface area contributed by atoms with Crippen LogP contribution in [0.4, 0.5) is 15.8 Å². The van der Waals surface area contributed by atoms with Crippen LogP contribution in [0.25, 0.3) is 11.1 Å². The molecule has 0 aliphatic heterocycles. The molecule has 2 amide bonds. The van der Waals surface area contributed by atoms with Crippen molar-refractivity contribution < 1.29 is 18.4 Å². The first-order chi connectivity index (χ1) is 13.5. The number of benzene rings is 2. The number of fused-ring (bicyclic) bond motifs is 1. The Hall–Kier alpha value is -3.42. The summed E-state index contributed by atoms with van der Waals surface area (Å²) in [4.78, 5) is 36.0. The molecule has 3 aromatic rings. The minimum Gasteiger partial charge on any atom is -0.408 e. The van der Waals surface area contributed by atoms with E-state index in [2.05, 4.69) is 10.6 Å². The van der Waals surface area contributed by atoms with Crippen molar-refractivity contribution in [2.75, 3.05) is 10.6 Å². The summed E-state index contributed by atoms with van der Waals surface area (Å²) in [5, 5.41) is 5.20. The zero-order valence-corrected chi connectivity index (χ0v) is 14.9. The van der Waals surface area contributed by atoms with E-state index in [4.69, 9.17) is 4.42 Å². The maximum atomic E-state index is 13.9.